The van der Waals surface area contributed by atoms with E-state index in [0.717, 1.165) is 38.0 Å². The number of nitrogens with one attached hydrogen (secondary N) is 2. The summed E-state index contributed by atoms with van der Waals surface area (Å²) in [4.78, 5) is 28.9. The Bertz CT molecular complexity index is 1040. The Morgan fingerprint density at radius 1 is 1.00 bits per heavy atom. The average molecular weight is 462 g/mol. The average Bonchev–Trinajstić information content (AvgIpc) is 3.36. The van der Waals surface area contributed by atoms with Crippen LogP contribution >= 0.6 is 11.3 Å². The first kappa shape index (κ1) is 23.2. The molecule has 4 rings (SSSR count). The summed E-state index contributed by atoms with van der Waals surface area (Å²) < 4.78 is 0. The van der Waals surface area contributed by atoms with Gasteiger partial charge in [0.25, 0.3) is 5.91 Å². The molecule has 0 spiro atoms. The van der Waals surface area contributed by atoms with Gasteiger partial charge in [-0.3, -0.25) is 14.5 Å². The van der Waals surface area contributed by atoms with Crippen LogP contribution in [0.4, 0.5) is 0 Å². The molecule has 1 saturated heterocycles. The normalized spacial score (nSPS) is 15.7. The fourth-order valence-electron chi connectivity index (χ4n) is 4.30. The number of carbonyl (C=O) groups is 2. The predicted octanol–water partition coefficient (Wildman–Crippen LogP) is 4.18. The van der Waals surface area contributed by atoms with Crippen molar-refractivity contribution in [2.24, 2.45) is 0 Å². The second kappa shape index (κ2) is 11.3. The summed E-state index contributed by atoms with van der Waals surface area (Å²) in [5.74, 6) is -0.310. The Balaban J connectivity index is 1.33. The van der Waals surface area contributed by atoms with Crippen LogP contribution in [0.2, 0.25) is 0 Å². The van der Waals surface area contributed by atoms with Gasteiger partial charge in [0.2, 0.25) is 5.91 Å². The Labute approximate surface area is 199 Å². The zero-order valence-corrected chi connectivity index (χ0v) is 19.8. The lowest BCUT2D eigenvalue weighted by molar-refractivity contribution is -0.124. The highest BCUT2D eigenvalue weighted by Crippen LogP contribution is 2.16. The number of nitrogens with zero attached hydrogens (tertiary/aromatic N) is 1. The van der Waals surface area contributed by atoms with Gasteiger partial charge in [0.05, 0.1) is 4.88 Å². The maximum Gasteiger partial charge on any atom is 0.262 e. The highest BCUT2D eigenvalue weighted by atomic mass is 32.1. The van der Waals surface area contributed by atoms with E-state index in [2.05, 4.69) is 46.7 Å². The van der Waals surface area contributed by atoms with Crippen LogP contribution < -0.4 is 10.6 Å². The number of hydrogen-bond acceptors (Lipinski definition) is 4. The van der Waals surface area contributed by atoms with Gasteiger partial charge in [0, 0.05) is 32.1 Å². The Kier molecular flexibility index (Phi) is 7.92. The van der Waals surface area contributed by atoms with Crippen LogP contribution in [0.25, 0.3) is 0 Å². The molecule has 1 aliphatic heterocycles. The lowest BCUT2D eigenvalue weighted by Gasteiger charge is -2.33. The second-order valence-corrected chi connectivity index (χ2v) is 9.69. The molecule has 33 heavy (non-hydrogen) atoms. The fraction of sp³-hybridized carbons (Fsp3) is 0.333. The highest BCUT2D eigenvalue weighted by Gasteiger charge is 2.26. The van der Waals surface area contributed by atoms with Crippen LogP contribution in [-0.4, -0.2) is 41.9 Å². The summed E-state index contributed by atoms with van der Waals surface area (Å²) in [5.41, 5.74) is 3.64. The van der Waals surface area contributed by atoms with Gasteiger partial charge < -0.3 is 10.6 Å². The standard InChI is InChI=1S/C27H31N3O2S/c1-20-7-5-10-22(17-20)19-30-14-12-23(13-15-30)28-26(31)24(18-21-8-3-2-4-9-21)29-27(32)25-11-6-16-33-25/h2-11,16-17,23-24H,12-15,18-19H2,1H3,(H,28,31)(H,29,32). The van der Waals surface area contributed by atoms with Gasteiger partial charge in [0.15, 0.2) is 0 Å². The minimum absolute atomic E-state index is 0.110. The van der Waals surface area contributed by atoms with Crippen molar-refractivity contribution in [3.05, 3.63) is 93.7 Å². The fourth-order valence-corrected chi connectivity index (χ4v) is 4.93. The number of thiophene rings is 1. The van der Waals surface area contributed by atoms with Crippen molar-refractivity contribution in [3.63, 3.8) is 0 Å². The van der Waals surface area contributed by atoms with Gasteiger partial charge >= 0.3 is 0 Å². The third kappa shape index (κ3) is 6.76. The van der Waals surface area contributed by atoms with Gasteiger partial charge in [0.1, 0.15) is 6.04 Å². The third-order valence-corrected chi connectivity index (χ3v) is 6.94. The summed E-state index contributed by atoms with van der Waals surface area (Å²) in [6.45, 7) is 4.96. The molecule has 2 N–H and O–H groups in total. The Hall–Kier alpha value is -2.96. The molecule has 0 saturated carbocycles. The monoisotopic (exact) mass is 461 g/mol. The molecule has 5 nitrogen and oxygen atoms in total. The van der Waals surface area contributed by atoms with E-state index in [9.17, 15) is 9.59 Å². The Morgan fingerprint density at radius 2 is 1.76 bits per heavy atom. The molecule has 1 aliphatic rings. The van der Waals surface area contributed by atoms with Gasteiger partial charge in [-0.2, -0.15) is 0 Å². The van der Waals surface area contributed by atoms with E-state index in [-0.39, 0.29) is 17.9 Å². The smallest absolute Gasteiger partial charge is 0.262 e. The van der Waals surface area contributed by atoms with Crippen molar-refractivity contribution in [2.75, 3.05) is 13.1 Å². The zero-order chi connectivity index (χ0) is 23.0. The van der Waals surface area contributed by atoms with Crippen LogP contribution in [0.3, 0.4) is 0 Å². The number of aryl methyl sites for hydroxylation is 1. The molecule has 3 aromatic rings. The van der Waals surface area contributed by atoms with E-state index in [0.29, 0.717) is 11.3 Å². The molecule has 6 heteroatoms. The number of carbonyl (C=O) groups excluding carboxylic acids is 2. The molecule has 2 amide bonds. The number of piperidine rings is 1. The van der Waals surface area contributed by atoms with Gasteiger partial charge in [-0.25, -0.2) is 0 Å². The first-order valence-electron chi connectivity index (χ1n) is 11.5. The first-order chi connectivity index (χ1) is 16.1. The molecule has 172 valence electrons. The molecule has 1 unspecified atom stereocenters. The lowest BCUT2D eigenvalue weighted by atomic mass is 10.0. The largest absolute Gasteiger partial charge is 0.351 e. The van der Waals surface area contributed by atoms with E-state index < -0.39 is 6.04 Å². The lowest BCUT2D eigenvalue weighted by Crippen LogP contribution is -2.52. The molecule has 0 aliphatic carbocycles. The summed E-state index contributed by atoms with van der Waals surface area (Å²) in [7, 11) is 0. The molecule has 2 heterocycles. The molecule has 1 fully saturated rings. The molecule has 1 aromatic heterocycles. The topological polar surface area (TPSA) is 61.4 Å². The summed E-state index contributed by atoms with van der Waals surface area (Å²) >= 11 is 1.38. The van der Waals surface area contributed by atoms with Crippen molar-refractivity contribution < 1.29 is 9.59 Å². The zero-order valence-electron chi connectivity index (χ0n) is 19.0. The SMILES string of the molecule is Cc1cccc(CN2CCC(NC(=O)C(Cc3ccccc3)NC(=O)c3cccs3)CC2)c1. The van der Waals surface area contributed by atoms with E-state index in [1.54, 1.807) is 6.07 Å². The second-order valence-electron chi connectivity index (χ2n) is 8.74. The van der Waals surface area contributed by atoms with Crippen LogP contribution in [-0.2, 0) is 17.8 Å². The van der Waals surface area contributed by atoms with Crippen LogP contribution in [0.1, 0.15) is 39.2 Å². The molecular weight excluding hydrogens is 430 g/mol. The summed E-state index contributed by atoms with van der Waals surface area (Å²) in [6.07, 6.45) is 2.29. The van der Waals surface area contributed by atoms with Crippen LogP contribution in [0, 0.1) is 6.92 Å². The van der Waals surface area contributed by atoms with Crippen molar-refractivity contribution in [3.8, 4) is 0 Å². The maximum atomic E-state index is 13.2. The van der Waals surface area contributed by atoms with Crippen molar-refractivity contribution >= 4 is 23.2 Å². The number of rotatable bonds is 8. The molecule has 1 atom stereocenters. The minimum atomic E-state index is -0.604. The van der Waals surface area contributed by atoms with E-state index in [1.165, 1.54) is 22.5 Å². The number of benzene rings is 2. The maximum absolute atomic E-state index is 13.2. The van der Waals surface area contributed by atoms with E-state index >= 15 is 0 Å². The third-order valence-electron chi connectivity index (χ3n) is 6.07. The van der Waals surface area contributed by atoms with Crippen molar-refractivity contribution in [2.45, 2.75) is 44.8 Å². The van der Waals surface area contributed by atoms with Gasteiger partial charge in [-0.1, -0.05) is 66.2 Å². The molecule has 0 bridgehead atoms. The van der Waals surface area contributed by atoms with E-state index in [1.807, 2.05) is 41.8 Å². The van der Waals surface area contributed by atoms with Crippen LogP contribution in [0.5, 0.6) is 0 Å². The van der Waals surface area contributed by atoms with Gasteiger partial charge in [-0.15, -0.1) is 11.3 Å². The quantitative estimate of drug-likeness (QED) is 0.529. The summed E-state index contributed by atoms with van der Waals surface area (Å²) in [5, 5.41) is 8.03. The molecular formula is C27H31N3O2S. The minimum Gasteiger partial charge on any atom is -0.351 e. The van der Waals surface area contributed by atoms with Gasteiger partial charge in [-0.05, 0) is 42.3 Å². The highest BCUT2D eigenvalue weighted by molar-refractivity contribution is 7.12. The van der Waals surface area contributed by atoms with Crippen LogP contribution in [0.15, 0.2) is 72.1 Å². The first-order valence-corrected chi connectivity index (χ1v) is 12.4. The van der Waals surface area contributed by atoms with Crippen molar-refractivity contribution in [1.82, 2.24) is 15.5 Å². The molecule has 0 radical (unpaired) electrons. The van der Waals surface area contributed by atoms with E-state index in [4.69, 9.17) is 0 Å². The molecule has 2 aromatic carbocycles. The Morgan fingerprint density at radius 3 is 2.45 bits per heavy atom. The number of likely N-dealkylation sites (tertiary alicyclic amines) is 1. The number of amides is 2. The predicted molar refractivity (Wildman–Crippen MR) is 133 cm³/mol. The summed E-state index contributed by atoms with van der Waals surface area (Å²) in [6, 6.07) is 21.6. The number of hydrogen-bond donors (Lipinski definition) is 2. The van der Waals surface area contributed by atoms with Crippen molar-refractivity contribution in [1.29, 1.82) is 0 Å².